The van der Waals surface area contributed by atoms with E-state index in [-0.39, 0.29) is 6.61 Å². The van der Waals surface area contributed by atoms with Crippen molar-refractivity contribution in [1.82, 2.24) is 4.90 Å². The summed E-state index contributed by atoms with van der Waals surface area (Å²) >= 11 is 0. The van der Waals surface area contributed by atoms with Gasteiger partial charge in [-0.15, -0.1) is 0 Å². The van der Waals surface area contributed by atoms with Crippen LogP contribution in [0.4, 0.5) is 0 Å². The third kappa shape index (κ3) is 4.96. The number of aliphatic hydroxyl groups excluding tert-OH is 1. The fourth-order valence-corrected chi connectivity index (χ4v) is 2.05. The average molecular weight is 215 g/mol. The zero-order valence-corrected chi connectivity index (χ0v) is 10.1. The number of aliphatic hydroxyl groups is 1. The number of rotatable bonds is 6. The minimum absolute atomic E-state index is 0.286. The molecule has 0 amide bonds. The third-order valence-corrected chi connectivity index (χ3v) is 3.05. The Labute approximate surface area is 93.4 Å². The Bertz CT molecular complexity index is 156. The van der Waals surface area contributed by atoms with Crippen LogP contribution in [0.1, 0.15) is 39.5 Å². The molecular formula is C12H25NO2. The second-order valence-corrected chi connectivity index (χ2v) is 4.65. The first kappa shape index (κ1) is 12.9. The van der Waals surface area contributed by atoms with Crippen LogP contribution in [0.5, 0.6) is 0 Å². The van der Waals surface area contributed by atoms with Crippen molar-refractivity contribution >= 4 is 0 Å². The summed E-state index contributed by atoms with van der Waals surface area (Å²) in [7, 11) is 0. The zero-order chi connectivity index (χ0) is 11.1. The van der Waals surface area contributed by atoms with Gasteiger partial charge in [-0.1, -0.05) is 0 Å². The maximum atomic E-state index is 8.84. The zero-order valence-electron chi connectivity index (χ0n) is 10.1. The molecule has 0 bridgehead atoms. The van der Waals surface area contributed by atoms with Crippen molar-refractivity contribution in [2.75, 3.05) is 26.3 Å². The molecule has 3 nitrogen and oxygen atoms in total. The predicted molar refractivity (Wildman–Crippen MR) is 62.0 cm³/mol. The van der Waals surface area contributed by atoms with Crippen LogP contribution in [0.25, 0.3) is 0 Å². The maximum absolute atomic E-state index is 8.84. The summed E-state index contributed by atoms with van der Waals surface area (Å²) in [5.74, 6) is 0. The molecule has 0 aromatic carbocycles. The molecule has 0 spiro atoms. The van der Waals surface area contributed by atoms with Gasteiger partial charge >= 0.3 is 0 Å². The lowest BCUT2D eigenvalue weighted by Gasteiger charge is -2.32. The molecule has 1 fully saturated rings. The molecule has 15 heavy (non-hydrogen) atoms. The SMILES string of the molecule is CC(C)N(CCCO)CC1CCCCO1. The highest BCUT2D eigenvalue weighted by Gasteiger charge is 2.18. The lowest BCUT2D eigenvalue weighted by Crippen LogP contribution is -2.40. The Balaban J connectivity index is 2.28. The fourth-order valence-electron chi connectivity index (χ4n) is 2.05. The van der Waals surface area contributed by atoms with Crippen LogP contribution in [0.3, 0.4) is 0 Å². The van der Waals surface area contributed by atoms with Gasteiger partial charge in [-0.3, -0.25) is 4.90 Å². The summed E-state index contributed by atoms with van der Waals surface area (Å²) < 4.78 is 5.73. The standard InChI is InChI=1S/C12H25NO2/c1-11(2)13(7-5-8-14)10-12-6-3-4-9-15-12/h11-12,14H,3-10H2,1-2H3. The molecule has 0 aromatic rings. The molecule has 0 aromatic heterocycles. The molecule has 1 heterocycles. The monoisotopic (exact) mass is 215 g/mol. The lowest BCUT2D eigenvalue weighted by atomic mass is 10.1. The molecule has 1 atom stereocenters. The van der Waals surface area contributed by atoms with E-state index < -0.39 is 0 Å². The van der Waals surface area contributed by atoms with Crippen LogP contribution < -0.4 is 0 Å². The maximum Gasteiger partial charge on any atom is 0.0702 e. The first-order valence-electron chi connectivity index (χ1n) is 6.20. The van der Waals surface area contributed by atoms with E-state index in [1.165, 1.54) is 19.3 Å². The van der Waals surface area contributed by atoms with E-state index in [0.29, 0.717) is 12.1 Å². The van der Waals surface area contributed by atoms with Gasteiger partial charge < -0.3 is 9.84 Å². The second kappa shape index (κ2) is 7.20. The Morgan fingerprint density at radius 3 is 2.73 bits per heavy atom. The molecule has 90 valence electrons. The lowest BCUT2D eigenvalue weighted by molar-refractivity contribution is -0.0120. The van der Waals surface area contributed by atoms with Gasteiger partial charge in [0.1, 0.15) is 0 Å². The molecular weight excluding hydrogens is 190 g/mol. The van der Waals surface area contributed by atoms with Gasteiger partial charge in [-0.25, -0.2) is 0 Å². The minimum atomic E-state index is 0.286. The van der Waals surface area contributed by atoms with Crippen LogP contribution in [-0.2, 0) is 4.74 Å². The van der Waals surface area contributed by atoms with Crippen molar-refractivity contribution in [3.63, 3.8) is 0 Å². The van der Waals surface area contributed by atoms with E-state index in [9.17, 15) is 0 Å². The van der Waals surface area contributed by atoms with E-state index in [1.54, 1.807) is 0 Å². The van der Waals surface area contributed by atoms with Crippen molar-refractivity contribution in [2.45, 2.75) is 51.7 Å². The molecule has 1 rings (SSSR count). The topological polar surface area (TPSA) is 32.7 Å². The summed E-state index contributed by atoms with van der Waals surface area (Å²) in [4.78, 5) is 2.41. The van der Waals surface area contributed by atoms with Gasteiger partial charge in [0, 0.05) is 32.3 Å². The van der Waals surface area contributed by atoms with Gasteiger partial charge in [-0.2, -0.15) is 0 Å². The van der Waals surface area contributed by atoms with E-state index in [0.717, 1.165) is 26.1 Å². The molecule has 1 saturated heterocycles. The summed E-state index contributed by atoms with van der Waals surface area (Å²) in [5, 5.41) is 8.84. The Morgan fingerprint density at radius 2 is 2.20 bits per heavy atom. The van der Waals surface area contributed by atoms with Crippen LogP contribution >= 0.6 is 0 Å². The summed E-state index contributed by atoms with van der Waals surface area (Å²) in [6, 6.07) is 0.544. The molecule has 0 aliphatic carbocycles. The molecule has 0 saturated carbocycles. The number of ether oxygens (including phenoxy) is 1. The van der Waals surface area contributed by atoms with E-state index in [2.05, 4.69) is 18.7 Å². The molecule has 0 radical (unpaired) electrons. The molecule has 3 heteroatoms. The molecule has 1 unspecified atom stereocenters. The van der Waals surface area contributed by atoms with Gasteiger partial charge in [0.15, 0.2) is 0 Å². The molecule has 1 aliphatic rings. The fraction of sp³-hybridized carbons (Fsp3) is 1.00. The van der Waals surface area contributed by atoms with Crippen LogP contribution in [0.15, 0.2) is 0 Å². The number of nitrogens with zero attached hydrogens (tertiary/aromatic N) is 1. The Morgan fingerprint density at radius 1 is 1.40 bits per heavy atom. The Kier molecular flexibility index (Phi) is 6.22. The van der Waals surface area contributed by atoms with Crippen LogP contribution in [0, 0.1) is 0 Å². The average Bonchev–Trinajstić information content (AvgIpc) is 2.25. The second-order valence-electron chi connectivity index (χ2n) is 4.65. The van der Waals surface area contributed by atoms with Gasteiger partial charge in [0.05, 0.1) is 6.10 Å². The minimum Gasteiger partial charge on any atom is -0.396 e. The molecule has 1 aliphatic heterocycles. The van der Waals surface area contributed by atoms with Crippen LogP contribution in [0.2, 0.25) is 0 Å². The highest BCUT2D eigenvalue weighted by Crippen LogP contribution is 2.15. The normalized spacial score (nSPS) is 22.6. The van der Waals surface area contributed by atoms with Crippen molar-refractivity contribution in [2.24, 2.45) is 0 Å². The smallest absolute Gasteiger partial charge is 0.0702 e. The molecule has 1 N–H and O–H groups in total. The summed E-state index contributed by atoms with van der Waals surface area (Å²) in [6.07, 6.45) is 5.00. The summed E-state index contributed by atoms with van der Waals surface area (Å²) in [5.41, 5.74) is 0. The van der Waals surface area contributed by atoms with Crippen LogP contribution in [-0.4, -0.2) is 48.5 Å². The van der Waals surface area contributed by atoms with E-state index >= 15 is 0 Å². The van der Waals surface area contributed by atoms with E-state index in [4.69, 9.17) is 9.84 Å². The van der Waals surface area contributed by atoms with Crippen molar-refractivity contribution in [3.05, 3.63) is 0 Å². The summed E-state index contributed by atoms with van der Waals surface area (Å²) in [6.45, 7) is 7.64. The quantitative estimate of drug-likeness (QED) is 0.731. The van der Waals surface area contributed by atoms with E-state index in [1.807, 2.05) is 0 Å². The van der Waals surface area contributed by atoms with Crippen molar-refractivity contribution in [1.29, 1.82) is 0 Å². The van der Waals surface area contributed by atoms with Crippen molar-refractivity contribution < 1.29 is 9.84 Å². The number of hydrogen-bond donors (Lipinski definition) is 1. The highest BCUT2D eigenvalue weighted by molar-refractivity contribution is 4.71. The van der Waals surface area contributed by atoms with Gasteiger partial charge in [0.25, 0.3) is 0 Å². The predicted octanol–water partition coefficient (Wildman–Crippen LogP) is 1.65. The highest BCUT2D eigenvalue weighted by atomic mass is 16.5. The van der Waals surface area contributed by atoms with Crippen molar-refractivity contribution in [3.8, 4) is 0 Å². The first-order valence-corrected chi connectivity index (χ1v) is 6.20. The van der Waals surface area contributed by atoms with Gasteiger partial charge in [0.2, 0.25) is 0 Å². The number of hydrogen-bond acceptors (Lipinski definition) is 3. The first-order chi connectivity index (χ1) is 7.24. The van der Waals surface area contributed by atoms with Gasteiger partial charge in [-0.05, 0) is 39.5 Å². The third-order valence-electron chi connectivity index (χ3n) is 3.05. The largest absolute Gasteiger partial charge is 0.396 e. The Hall–Kier alpha value is -0.120.